The van der Waals surface area contributed by atoms with E-state index in [1.807, 2.05) is 18.2 Å². The van der Waals surface area contributed by atoms with Crippen molar-refractivity contribution in [3.8, 4) is 0 Å². The van der Waals surface area contributed by atoms with Gasteiger partial charge in [-0.1, -0.05) is 42.8 Å². The Labute approximate surface area is 159 Å². The third-order valence-corrected chi connectivity index (χ3v) is 5.64. The summed E-state index contributed by atoms with van der Waals surface area (Å²) in [5.74, 6) is 1.54. The highest BCUT2D eigenvalue weighted by molar-refractivity contribution is 6.29. The van der Waals surface area contributed by atoms with Crippen LogP contribution in [0.4, 0.5) is 5.82 Å². The zero-order valence-corrected chi connectivity index (χ0v) is 15.9. The summed E-state index contributed by atoms with van der Waals surface area (Å²) in [6.07, 6.45) is 3.36. The fourth-order valence-corrected chi connectivity index (χ4v) is 3.97. The molecule has 0 spiro atoms. The molecule has 1 saturated heterocycles. The minimum atomic E-state index is 0.554. The van der Waals surface area contributed by atoms with Crippen molar-refractivity contribution < 1.29 is 0 Å². The largest absolute Gasteiger partial charge is 0.361 e. The van der Waals surface area contributed by atoms with Crippen LogP contribution in [0.3, 0.4) is 0 Å². The molecule has 1 N–H and O–H groups in total. The van der Waals surface area contributed by atoms with Gasteiger partial charge in [0.1, 0.15) is 11.0 Å². The molecule has 3 aromatic rings. The minimum Gasteiger partial charge on any atom is -0.361 e. The van der Waals surface area contributed by atoms with Crippen molar-refractivity contribution in [1.29, 1.82) is 0 Å². The molecule has 1 aromatic carbocycles. The molecule has 0 saturated carbocycles. The number of nitrogens with zero attached hydrogens (tertiary/aromatic N) is 3. The molecular weight excluding hydrogens is 344 g/mol. The van der Waals surface area contributed by atoms with Crippen LogP contribution in [0.2, 0.25) is 5.15 Å². The molecule has 3 heterocycles. The maximum absolute atomic E-state index is 6.02. The second-order valence-electron chi connectivity index (χ2n) is 7.13. The number of rotatable bonds is 5. The molecule has 2 aromatic heterocycles. The van der Waals surface area contributed by atoms with Crippen molar-refractivity contribution in [2.75, 3.05) is 37.6 Å². The lowest BCUT2D eigenvalue weighted by molar-refractivity contribution is 0.249. The summed E-state index contributed by atoms with van der Waals surface area (Å²) in [6, 6.07) is 14.4. The Kier molecular flexibility index (Phi) is 5.14. The van der Waals surface area contributed by atoms with E-state index in [-0.39, 0.29) is 0 Å². The van der Waals surface area contributed by atoms with E-state index in [1.54, 1.807) is 0 Å². The van der Waals surface area contributed by atoms with Crippen molar-refractivity contribution in [3.63, 3.8) is 0 Å². The minimum absolute atomic E-state index is 0.554. The lowest BCUT2D eigenvalue weighted by atomic mass is 9.97. The molecule has 1 fully saturated rings. The Bertz CT molecular complexity index is 867. The zero-order chi connectivity index (χ0) is 17.9. The van der Waals surface area contributed by atoms with Crippen LogP contribution in [0.5, 0.6) is 0 Å². The van der Waals surface area contributed by atoms with Gasteiger partial charge >= 0.3 is 0 Å². The fourth-order valence-electron chi connectivity index (χ4n) is 3.81. The van der Waals surface area contributed by atoms with Gasteiger partial charge in [0.25, 0.3) is 0 Å². The van der Waals surface area contributed by atoms with Crippen molar-refractivity contribution >= 4 is 28.3 Å². The van der Waals surface area contributed by atoms with Crippen molar-refractivity contribution in [3.05, 3.63) is 59.4 Å². The average Bonchev–Trinajstić information content (AvgIpc) is 3.11. The van der Waals surface area contributed by atoms with E-state index in [2.05, 4.69) is 57.2 Å². The average molecular weight is 369 g/mol. The number of pyridine rings is 1. The van der Waals surface area contributed by atoms with Crippen LogP contribution in [-0.4, -0.2) is 47.6 Å². The summed E-state index contributed by atoms with van der Waals surface area (Å²) in [6.45, 7) is 7.65. The Balaban J connectivity index is 1.31. The smallest absolute Gasteiger partial charge is 0.131 e. The van der Waals surface area contributed by atoms with Gasteiger partial charge in [0.05, 0.1) is 0 Å². The van der Waals surface area contributed by atoms with E-state index in [0.29, 0.717) is 11.1 Å². The van der Waals surface area contributed by atoms with Crippen LogP contribution in [0.25, 0.3) is 10.9 Å². The van der Waals surface area contributed by atoms with Gasteiger partial charge in [-0.15, -0.1) is 0 Å². The fraction of sp³-hybridized carbons (Fsp3) is 0.381. The molecule has 136 valence electrons. The number of H-pyrrole nitrogens is 1. The van der Waals surface area contributed by atoms with Gasteiger partial charge in [0.2, 0.25) is 0 Å². The summed E-state index contributed by atoms with van der Waals surface area (Å²) in [7, 11) is 0. The number of fused-ring (bicyclic) bond motifs is 1. The van der Waals surface area contributed by atoms with E-state index >= 15 is 0 Å². The molecule has 4 nitrogen and oxygen atoms in total. The van der Waals surface area contributed by atoms with Gasteiger partial charge in [0.15, 0.2) is 0 Å². The van der Waals surface area contributed by atoms with Crippen molar-refractivity contribution in [2.45, 2.75) is 19.3 Å². The molecule has 0 amide bonds. The number of benzene rings is 1. The van der Waals surface area contributed by atoms with E-state index in [0.717, 1.165) is 38.5 Å². The maximum atomic E-state index is 6.02. The number of nitrogens with one attached hydrogen (secondary N) is 1. The van der Waals surface area contributed by atoms with Crippen LogP contribution in [0.15, 0.2) is 48.7 Å². The number of hydrogen-bond acceptors (Lipinski definition) is 3. The first-order valence-corrected chi connectivity index (χ1v) is 9.74. The van der Waals surface area contributed by atoms with Gasteiger partial charge in [-0.2, -0.15) is 0 Å². The van der Waals surface area contributed by atoms with Crippen molar-refractivity contribution in [1.82, 2.24) is 14.9 Å². The highest BCUT2D eigenvalue weighted by Gasteiger charge is 2.19. The van der Waals surface area contributed by atoms with Crippen LogP contribution >= 0.6 is 11.6 Å². The lowest BCUT2D eigenvalue weighted by Crippen LogP contribution is -2.47. The Morgan fingerprint density at radius 1 is 1.08 bits per heavy atom. The number of halogens is 1. The maximum Gasteiger partial charge on any atom is 0.131 e. The summed E-state index contributed by atoms with van der Waals surface area (Å²) in [5, 5.41) is 1.93. The standard InChI is InChI=1S/C21H25ClN4/c1-16(18-15-23-19-6-3-2-5-17(18)19)9-10-25-11-13-26(14-12-25)21-8-4-7-20(22)24-21/h2-8,15-16,23H,9-14H2,1H3. The monoisotopic (exact) mass is 368 g/mol. The number of aromatic nitrogens is 2. The van der Waals surface area contributed by atoms with Crippen LogP contribution in [-0.2, 0) is 0 Å². The second kappa shape index (κ2) is 7.68. The van der Waals surface area contributed by atoms with Gasteiger partial charge in [-0.25, -0.2) is 4.98 Å². The van der Waals surface area contributed by atoms with Crippen LogP contribution in [0.1, 0.15) is 24.8 Å². The highest BCUT2D eigenvalue weighted by Crippen LogP contribution is 2.27. The topological polar surface area (TPSA) is 35.2 Å². The summed E-state index contributed by atoms with van der Waals surface area (Å²) < 4.78 is 0. The van der Waals surface area contributed by atoms with Gasteiger partial charge in [-0.05, 0) is 42.6 Å². The first kappa shape index (κ1) is 17.4. The third kappa shape index (κ3) is 3.71. The molecule has 4 rings (SSSR count). The van der Waals surface area contributed by atoms with E-state index in [1.165, 1.54) is 22.9 Å². The number of piperazine rings is 1. The van der Waals surface area contributed by atoms with E-state index in [4.69, 9.17) is 11.6 Å². The molecule has 1 unspecified atom stereocenters. The van der Waals surface area contributed by atoms with E-state index < -0.39 is 0 Å². The SMILES string of the molecule is CC(CCN1CCN(c2cccc(Cl)n2)CC1)c1c[nH]c2ccccc12. The van der Waals surface area contributed by atoms with Gasteiger partial charge < -0.3 is 9.88 Å². The summed E-state index contributed by atoms with van der Waals surface area (Å²) in [5.41, 5.74) is 2.67. The lowest BCUT2D eigenvalue weighted by Gasteiger charge is -2.35. The number of anilines is 1. The molecule has 1 atom stereocenters. The first-order chi connectivity index (χ1) is 12.7. The predicted octanol–water partition coefficient (Wildman–Crippen LogP) is 4.53. The Morgan fingerprint density at radius 2 is 1.88 bits per heavy atom. The predicted molar refractivity (Wildman–Crippen MR) is 109 cm³/mol. The highest BCUT2D eigenvalue weighted by atomic mass is 35.5. The Morgan fingerprint density at radius 3 is 2.69 bits per heavy atom. The molecule has 0 bridgehead atoms. The number of hydrogen-bond donors (Lipinski definition) is 1. The molecule has 0 radical (unpaired) electrons. The second-order valence-corrected chi connectivity index (χ2v) is 7.51. The quantitative estimate of drug-likeness (QED) is 0.672. The molecule has 5 heteroatoms. The summed E-state index contributed by atoms with van der Waals surface area (Å²) in [4.78, 5) is 12.7. The summed E-state index contributed by atoms with van der Waals surface area (Å²) >= 11 is 6.02. The van der Waals surface area contributed by atoms with E-state index in [9.17, 15) is 0 Å². The zero-order valence-electron chi connectivity index (χ0n) is 15.2. The molecule has 1 aliphatic heterocycles. The van der Waals surface area contributed by atoms with Crippen LogP contribution in [0, 0.1) is 0 Å². The van der Waals surface area contributed by atoms with Crippen LogP contribution < -0.4 is 4.90 Å². The molecule has 26 heavy (non-hydrogen) atoms. The van der Waals surface area contributed by atoms with Gasteiger partial charge in [-0.3, -0.25) is 4.90 Å². The number of para-hydroxylation sites is 1. The van der Waals surface area contributed by atoms with Gasteiger partial charge in [0, 0.05) is 43.3 Å². The first-order valence-electron chi connectivity index (χ1n) is 9.36. The number of aromatic amines is 1. The van der Waals surface area contributed by atoms with Crippen molar-refractivity contribution in [2.24, 2.45) is 0 Å². The molecule has 1 aliphatic rings. The molecular formula is C21H25ClN4. The Hall–Kier alpha value is -2.04. The molecule has 0 aliphatic carbocycles. The third-order valence-electron chi connectivity index (χ3n) is 5.43. The normalized spacial score (nSPS) is 16.9.